The van der Waals surface area contributed by atoms with Gasteiger partial charge >= 0.3 is 10.1 Å². The fourth-order valence-electron chi connectivity index (χ4n) is 3.22. The molecule has 0 heterocycles. The predicted molar refractivity (Wildman–Crippen MR) is 134 cm³/mol. The van der Waals surface area contributed by atoms with Crippen molar-refractivity contribution < 1.29 is 30.6 Å². The van der Waals surface area contributed by atoms with Crippen molar-refractivity contribution >= 4 is 25.9 Å². The number of nitrogens with zero attached hydrogens (tertiary/aromatic N) is 1. The van der Waals surface area contributed by atoms with Gasteiger partial charge in [-0.25, -0.2) is 13.5 Å². The quantitative estimate of drug-likeness (QED) is 0.124. The van der Waals surface area contributed by atoms with Crippen molar-refractivity contribution in [1.82, 2.24) is 5.06 Å². The van der Waals surface area contributed by atoms with Gasteiger partial charge in [-0.05, 0) is 55.5 Å². The topological polar surface area (TPSA) is 149 Å². The van der Waals surface area contributed by atoms with Crippen LogP contribution in [-0.2, 0) is 30.5 Å². The summed E-state index contributed by atoms with van der Waals surface area (Å²) in [7, 11) is -6.11. The Labute approximate surface area is 207 Å². The van der Waals surface area contributed by atoms with Gasteiger partial charge in [0.05, 0.1) is 18.1 Å². The van der Waals surface area contributed by atoms with Crippen molar-refractivity contribution in [1.29, 1.82) is 5.41 Å². The van der Waals surface area contributed by atoms with Crippen LogP contribution in [0.25, 0.3) is 0 Å². The van der Waals surface area contributed by atoms with Crippen LogP contribution in [0.5, 0.6) is 11.5 Å². The molecule has 10 nitrogen and oxygen atoms in total. The summed E-state index contributed by atoms with van der Waals surface area (Å²) in [6, 6.07) is 10.8. The summed E-state index contributed by atoms with van der Waals surface area (Å²) in [5.41, 5.74) is 6.20. The molecule has 0 fully saturated rings. The van der Waals surface area contributed by atoms with E-state index in [-0.39, 0.29) is 22.2 Å². The molecular weight excluding hydrogens is 494 g/mol. The fourth-order valence-corrected chi connectivity index (χ4v) is 5.33. The largest absolute Gasteiger partial charge is 0.493 e. The van der Waals surface area contributed by atoms with Gasteiger partial charge in [-0.2, -0.15) is 8.42 Å². The maximum atomic E-state index is 12.6. The molecule has 0 amide bonds. The number of unbranched alkanes of at least 4 members (excludes halogenated alkanes) is 3. The lowest BCUT2D eigenvalue weighted by atomic mass is 10.2. The number of benzene rings is 2. The van der Waals surface area contributed by atoms with E-state index in [2.05, 4.69) is 0 Å². The molecule has 0 saturated carbocycles. The zero-order chi connectivity index (χ0) is 26.1. The zero-order valence-corrected chi connectivity index (χ0v) is 21.8. The van der Waals surface area contributed by atoms with Crippen LogP contribution in [0.4, 0.5) is 0 Å². The lowest BCUT2D eigenvalue weighted by Gasteiger charge is -2.15. The highest BCUT2D eigenvalue weighted by Gasteiger charge is 2.21. The highest BCUT2D eigenvalue weighted by Crippen LogP contribution is 2.26. The first-order valence-electron chi connectivity index (χ1n) is 11.0. The first-order chi connectivity index (χ1) is 16.4. The Hall–Kier alpha value is -2.83. The third kappa shape index (κ3) is 10.1. The van der Waals surface area contributed by atoms with Gasteiger partial charge in [0.15, 0.2) is 9.84 Å². The summed E-state index contributed by atoms with van der Waals surface area (Å²) in [5, 5.41) is 8.42. The molecule has 0 atom stereocenters. The van der Waals surface area contributed by atoms with Crippen molar-refractivity contribution in [3.63, 3.8) is 0 Å². The van der Waals surface area contributed by atoms with Gasteiger partial charge in [0.1, 0.15) is 17.3 Å². The minimum atomic E-state index is -4.11. The highest BCUT2D eigenvalue weighted by atomic mass is 32.2. The maximum Gasteiger partial charge on any atom is 0.313 e. The average Bonchev–Trinajstić information content (AvgIpc) is 2.73. The Balaban J connectivity index is 1.88. The van der Waals surface area contributed by atoms with E-state index in [1.807, 2.05) is 0 Å². The Morgan fingerprint density at radius 2 is 1.60 bits per heavy atom. The molecule has 194 valence electrons. The monoisotopic (exact) mass is 527 g/mol. The van der Waals surface area contributed by atoms with Crippen LogP contribution in [0.1, 0.15) is 36.8 Å². The van der Waals surface area contributed by atoms with Crippen LogP contribution in [-0.4, -0.2) is 54.4 Å². The van der Waals surface area contributed by atoms with Gasteiger partial charge in [0.25, 0.3) is 0 Å². The summed E-state index contributed by atoms with van der Waals surface area (Å²) in [6.45, 7) is 2.72. The Morgan fingerprint density at radius 3 is 2.26 bits per heavy atom. The second-order valence-electron chi connectivity index (χ2n) is 8.13. The second kappa shape index (κ2) is 12.8. The summed E-state index contributed by atoms with van der Waals surface area (Å²) in [6.07, 6.45) is 4.49. The minimum absolute atomic E-state index is 0.0436. The first-order valence-corrected chi connectivity index (χ1v) is 14.5. The second-order valence-corrected chi connectivity index (χ2v) is 11.7. The lowest BCUT2D eigenvalue weighted by Crippen LogP contribution is -2.33. The third-order valence-corrected chi connectivity index (χ3v) is 7.19. The van der Waals surface area contributed by atoms with E-state index in [0.29, 0.717) is 19.0 Å². The summed E-state index contributed by atoms with van der Waals surface area (Å²) < 4.78 is 60.2. The Morgan fingerprint density at radius 1 is 0.971 bits per heavy atom. The van der Waals surface area contributed by atoms with Crippen molar-refractivity contribution in [2.24, 2.45) is 5.73 Å². The molecular formula is C23H33N3O7S2. The van der Waals surface area contributed by atoms with E-state index < -0.39 is 25.7 Å². The van der Waals surface area contributed by atoms with E-state index in [4.69, 9.17) is 24.9 Å². The van der Waals surface area contributed by atoms with Gasteiger partial charge < -0.3 is 14.7 Å². The molecule has 0 saturated heterocycles. The number of rotatable bonds is 14. The lowest BCUT2D eigenvalue weighted by molar-refractivity contribution is -0.0826. The number of ether oxygens (including phenoxy) is 1. The molecule has 0 aromatic heterocycles. The van der Waals surface area contributed by atoms with Crippen LogP contribution in [0.2, 0.25) is 0 Å². The molecule has 2 aromatic carbocycles. The molecule has 0 radical (unpaired) electrons. The van der Waals surface area contributed by atoms with Crippen LogP contribution in [0.15, 0.2) is 47.4 Å². The van der Waals surface area contributed by atoms with E-state index in [0.717, 1.165) is 37.5 Å². The third-order valence-electron chi connectivity index (χ3n) is 4.88. The molecule has 2 aromatic rings. The number of nitrogens with two attached hydrogens (primary N) is 1. The van der Waals surface area contributed by atoms with E-state index >= 15 is 0 Å². The standard InChI is InChI=1S/C23H33N3O7S2/c1-18-14-20(31-12-8-4-5-9-13-32-26(2)23(24)25)16-21(15-18)33-35(29,30)17-19-10-6-7-11-22(19)34(3,27)28/h6-7,10-11,14-16H,4-5,8-9,12-13,17H2,1-3H3,(H3,24,25). The van der Waals surface area contributed by atoms with Crippen molar-refractivity contribution in [2.75, 3.05) is 26.5 Å². The van der Waals surface area contributed by atoms with Gasteiger partial charge in [0, 0.05) is 19.4 Å². The van der Waals surface area contributed by atoms with Crippen LogP contribution in [0, 0.1) is 12.3 Å². The van der Waals surface area contributed by atoms with Crippen LogP contribution < -0.4 is 14.7 Å². The molecule has 3 N–H and O–H groups in total. The molecule has 35 heavy (non-hydrogen) atoms. The molecule has 0 aliphatic heterocycles. The summed E-state index contributed by atoms with van der Waals surface area (Å²) in [4.78, 5) is 5.22. The number of sulfone groups is 1. The SMILES string of the molecule is Cc1cc(OCCCCCCON(C)C(=N)N)cc(OS(=O)(=O)Cc2ccccc2S(C)(=O)=O)c1. The zero-order valence-electron chi connectivity index (χ0n) is 20.2. The Kier molecular flexibility index (Phi) is 10.3. The molecule has 0 spiro atoms. The van der Waals surface area contributed by atoms with E-state index in [9.17, 15) is 16.8 Å². The molecule has 0 unspecified atom stereocenters. The molecule has 12 heteroatoms. The molecule has 0 bridgehead atoms. The number of guanidine groups is 1. The normalized spacial score (nSPS) is 11.7. The van der Waals surface area contributed by atoms with E-state index in [1.165, 1.54) is 23.3 Å². The summed E-state index contributed by atoms with van der Waals surface area (Å²) in [5.74, 6) is -0.139. The van der Waals surface area contributed by atoms with Crippen LogP contribution in [0.3, 0.4) is 0 Å². The highest BCUT2D eigenvalue weighted by molar-refractivity contribution is 7.91. The van der Waals surface area contributed by atoms with Gasteiger partial charge in [-0.3, -0.25) is 10.2 Å². The van der Waals surface area contributed by atoms with Gasteiger partial charge in [-0.1, -0.05) is 24.6 Å². The summed E-state index contributed by atoms with van der Waals surface area (Å²) >= 11 is 0. The predicted octanol–water partition coefficient (Wildman–Crippen LogP) is 3.00. The van der Waals surface area contributed by atoms with Crippen molar-refractivity contribution in [3.05, 3.63) is 53.6 Å². The molecule has 0 aliphatic carbocycles. The average molecular weight is 528 g/mol. The number of hydroxylamine groups is 2. The van der Waals surface area contributed by atoms with E-state index in [1.54, 1.807) is 38.2 Å². The number of hydrogen-bond donors (Lipinski definition) is 2. The smallest absolute Gasteiger partial charge is 0.313 e. The number of aryl methyl sites for hydroxylation is 1. The maximum absolute atomic E-state index is 12.6. The van der Waals surface area contributed by atoms with Gasteiger partial charge in [0.2, 0.25) is 5.96 Å². The number of nitrogens with one attached hydrogen (secondary N) is 1. The van der Waals surface area contributed by atoms with Crippen molar-refractivity contribution in [2.45, 2.75) is 43.3 Å². The number of hydrogen-bond acceptors (Lipinski definition) is 8. The molecule has 2 rings (SSSR count). The van der Waals surface area contributed by atoms with Crippen molar-refractivity contribution in [3.8, 4) is 11.5 Å². The van der Waals surface area contributed by atoms with Gasteiger partial charge in [-0.15, -0.1) is 0 Å². The minimum Gasteiger partial charge on any atom is -0.493 e. The fraction of sp³-hybridized carbons (Fsp3) is 0.435. The first kappa shape index (κ1) is 28.4. The Bertz CT molecular complexity index is 1220. The van der Waals surface area contributed by atoms with Crippen LogP contribution >= 0.6 is 0 Å². The molecule has 0 aliphatic rings.